The minimum absolute atomic E-state index is 0.0240. The number of carbonyl (C=O) groups is 1. The molecule has 2 aromatic rings. The van der Waals surface area contributed by atoms with Crippen LogP contribution in [0.2, 0.25) is 5.02 Å². The van der Waals surface area contributed by atoms with Gasteiger partial charge in [-0.05, 0) is 41.5 Å². The van der Waals surface area contributed by atoms with E-state index in [4.69, 9.17) is 21.1 Å². The third-order valence-electron chi connectivity index (χ3n) is 3.72. The van der Waals surface area contributed by atoms with Gasteiger partial charge in [-0.1, -0.05) is 23.7 Å². The first kappa shape index (κ1) is 14.7. The van der Waals surface area contributed by atoms with Gasteiger partial charge >= 0.3 is 0 Å². The van der Waals surface area contributed by atoms with Crippen LogP contribution < -0.4 is 9.47 Å². The van der Waals surface area contributed by atoms with Gasteiger partial charge in [-0.25, -0.2) is 0 Å². The van der Waals surface area contributed by atoms with E-state index in [0.29, 0.717) is 28.5 Å². The second-order valence-electron chi connectivity index (χ2n) is 5.09. The molecule has 0 bridgehead atoms. The summed E-state index contributed by atoms with van der Waals surface area (Å²) in [6, 6.07) is 11.1. The van der Waals surface area contributed by atoms with Crippen LogP contribution in [0.15, 0.2) is 42.0 Å². The second-order valence-corrected chi connectivity index (χ2v) is 5.53. The van der Waals surface area contributed by atoms with Crippen molar-refractivity contribution >= 4 is 23.5 Å². The number of fused-ring (bicyclic) bond motifs is 1. The summed E-state index contributed by atoms with van der Waals surface area (Å²) >= 11 is 5.99. The number of allylic oxidation sites excluding steroid dienone is 1. The van der Waals surface area contributed by atoms with E-state index < -0.39 is 0 Å². The highest BCUT2D eigenvalue weighted by molar-refractivity contribution is 6.30. The average molecular weight is 315 g/mol. The van der Waals surface area contributed by atoms with Crippen LogP contribution in [0.5, 0.6) is 11.5 Å². The van der Waals surface area contributed by atoms with Gasteiger partial charge in [0.2, 0.25) is 0 Å². The molecule has 2 aromatic carbocycles. The first-order valence-corrected chi connectivity index (χ1v) is 7.26. The van der Waals surface area contributed by atoms with Crippen molar-refractivity contribution in [3.05, 3.63) is 63.7 Å². The molecular formula is C18H15ClO3. The van der Waals surface area contributed by atoms with Gasteiger partial charge in [0, 0.05) is 22.6 Å². The van der Waals surface area contributed by atoms with Crippen LogP contribution in [0.25, 0.3) is 6.08 Å². The first-order valence-electron chi connectivity index (χ1n) is 6.88. The van der Waals surface area contributed by atoms with E-state index in [0.717, 1.165) is 16.7 Å². The van der Waals surface area contributed by atoms with Crippen molar-refractivity contribution < 1.29 is 14.3 Å². The average Bonchev–Trinajstić information content (AvgIpc) is 2.81. The Balaban J connectivity index is 2.00. The minimum Gasteiger partial charge on any atom is -0.493 e. The molecule has 1 aliphatic carbocycles. The van der Waals surface area contributed by atoms with Crippen LogP contribution in [0.4, 0.5) is 0 Å². The summed E-state index contributed by atoms with van der Waals surface area (Å²) < 4.78 is 10.6. The minimum atomic E-state index is 0.0240. The fourth-order valence-electron chi connectivity index (χ4n) is 2.65. The van der Waals surface area contributed by atoms with E-state index in [1.807, 2.05) is 36.4 Å². The molecule has 22 heavy (non-hydrogen) atoms. The number of methoxy groups -OCH3 is 2. The molecule has 4 heteroatoms. The Kier molecular flexibility index (Phi) is 3.90. The highest BCUT2D eigenvalue weighted by Crippen LogP contribution is 2.37. The smallest absolute Gasteiger partial charge is 0.189 e. The molecule has 0 saturated carbocycles. The van der Waals surface area contributed by atoms with E-state index in [9.17, 15) is 4.79 Å². The van der Waals surface area contributed by atoms with Crippen LogP contribution >= 0.6 is 11.6 Å². The van der Waals surface area contributed by atoms with E-state index in [-0.39, 0.29) is 5.78 Å². The number of benzene rings is 2. The molecular weight excluding hydrogens is 300 g/mol. The van der Waals surface area contributed by atoms with Crippen LogP contribution in [0.1, 0.15) is 21.5 Å². The highest BCUT2D eigenvalue weighted by atomic mass is 35.5. The summed E-state index contributed by atoms with van der Waals surface area (Å²) in [7, 11) is 3.15. The maximum absolute atomic E-state index is 12.6. The lowest BCUT2D eigenvalue weighted by Gasteiger charge is -2.08. The fourth-order valence-corrected chi connectivity index (χ4v) is 2.85. The van der Waals surface area contributed by atoms with Crippen LogP contribution in [-0.2, 0) is 6.42 Å². The third kappa shape index (κ3) is 2.60. The standard InChI is InChI=1S/C18H15ClO3/c1-21-16-9-12-8-13(6-11-4-3-5-14(19)7-11)18(20)15(12)10-17(16)22-2/h3-7,9-10H,8H2,1-2H3/b13-6+. The lowest BCUT2D eigenvalue weighted by atomic mass is 10.1. The molecule has 0 radical (unpaired) electrons. The van der Waals surface area contributed by atoms with Crippen LogP contribution in [0, 0.1) is 0 Å². The zero-order valence-corrected chi connectivity index (χ0v) is 13.1. The molecule has 0 spiro atoms. The number of carbonyl (C=O) groups excluding carboxylic acids is 1. The van der Waals surface area contributed by atoms with Crippen molar-refractivity contribution in [1.82, 2.24) is 0 Å². The highest BCUT2D eigenvalue weighted by Gasteiger charge is 2.27. The third-order valence-corrected chi connectivity index (χ3v) is 3.95. The fraction of sp³-hybridized carbons (Fsp3) is 0.167. The van der Waals surface area contributed by atoms with Gasteiger partial charge in [-0.3, -0.25) is 4.79 Å². The van der Waals surface area contributed by atoms with Gasteiger partial charge in [0.15, 0.2) is 17.3 Å². The van der Waals surface area contributed by atoms with Crippen molar-refractivity contribution in [2.75, 3.05) is 14.2 Å². The normalized spacial score (nSPS) is 15.0. The predicted octanol–water partition coefficient (Wildman–Crippen LogP) is 4.18. The Morgan fingerprint density at radius 3 is 2.50 bits per heavy atom. The molecule has 0 amide bonds. The van der Waals surface area contributed by atoms with E-state index in [1.54, 1.807) is 20.3 Å². The molecule has 3 rings (SSSR count). The number of Topliss-reactive ketones (excluding diaryl/α,β-unsaturated/α-hetero) is 1. The van der Waals surface area contributed by atoms with Gasteiger partial charge in [0.25, 0.3) is 0 Å². The lowest BCUT2D eigenvalue weighted by Crippen LogP contribution is -1.97. The topological polar surface area (TPSA) is 35.5 Å². The van der Waals surface area contributed by atoms with Crippen molar-refractivity contribution in [2.45, 2.75) is 6.42 Å². The Hall–Kier alpha value is -2.26. The first-order chi connectivity index (χ1) is 10.6. The number of ketones is 1. The monoisotopic (exact) mass is 314 g/mol. The Labute approximate surface area is 134 Å². The molecule has 0 N–H and O–H groups in total. The Morgan fingerprint density at radius 2 is 1.82 bits per heavy atom. The maximum atomic E-state index is 12.6. The summed E-state index contributed by atoms with van der Waals surface area (Å²) in [6.07, 6.45) is 2.47. The van der Waals surface area contributed by atoms with Gasteiger partial charge in [-0.2, -0.15) is 0 Å². The van der Waals surface area contributed by atoms with E-state index in [2.05, 4.69) is 0 Å². The molecule has 0 aromatic heterocycles. The van der Waals surface area contributed by atoms with Crippen LogP contribution in [-0.4, -0.2) is 20.0 Å². The number of halogens is 1. The summed E-state index contributed by atoms with van der Waals surface area (Å²) in [5, 5.41) is 0.653. The largest absolute Gasteiger partial charge is 0.493 e. The number of rotatable bonds is 3. The van der Waals surface area contributed by atoms with E-state index >= 15 is 0 Å². The molecule has 0 unspecified atom stereocenters. The van der Waals surface area contributed by atoms with Crippen molar-refractivity contribution in [3.63, 3.8) is 0 Å². The second kappa shape index (κ2) is 5.85. The zero-order chi connectivity index (χ0) is 15.7. The Morgan fingerprint density at radius 1 is 1.09 bits per heavy atom. The number of hydrogen-bond donors (Lipinski definition) is 0. The summed E-state index contributed by atoms with van der Waals surface area (Å²) in [4.78, 5) is 12.6. The van der Waals surface area contributed by atoms with Crippen molar-refractivity contribution in [2.24, 2.45) is 0 Å². The number of ether oxygens (including phenoxy) is 2. The maximum Gasteiger partial charge on any atom is 0.189 e. The summed E-state index contributed by atoms with van der Waals surface area (Å²) in [5.41, 5.74) is 3.29. The zero-order valence-electron chi connectivity index (χ0n) is 12.4. The molecule has 0 aliphatic heterocycles. The molecule has 0 atom stereocenters. The molecule has 0 fully saturated rings. The number of hydrogen-bond acceptors (Lipinski definition) is 3. The Bertz CT molecular complexity index is 778. The quantitative estimate of drug-likeness (QED) is 0.797. The van der Waals surface area contributed by atoms with Gasteiger partial charge in [0.1, 0.15) is 0 Å². The van der Waals surface area contributed by atoms with Crippen LogP contribution in [0.3, 0.4) is 0 Å². The molecule has 112 valence electrons. The van der Waals surface area contributed by atoms with Gasteiger partial charge < -0.3 is 9.47 Å². The molecule has 0 saturated heterocycles. The van der Waals surface area contributed by atoms with Gasteiger partial charge in [0.05, 0.1) is 14.2 Å². The SMILES string of the molecule is COc1cc2c(cc1OC)C(=O)/C(=C/c1cccc(Cl)c1)C2. The summed E-state index contributed by atoms with van der Waals surface area (Å²) in [5.74, 6) is 1.23. The van der Waals surface area contributed by atoms with Crippen molar-refractivity contribution in [1.29, 1.82) is 0 Å². The predicted molar refractivity (Wildman–Crippen MR) is 87.0 cm³/mol. The molecule has 1 aliphatic rings. The molecule has 0 heterocycles. The lowest BCUT2D eigenvalue weighted by molar-refractivity contribution is 0.104. The van der Waals surface area contributed by atoms with Crippen molar-refractivity contribution in [3.8, 4) is 11.5 Å². The molecule has 3 nitrogen and oxygen atoms in total. The summed E-state index contributed by atoms with van der Waals surface area (Å²) in [6.45, 7) is 0. The van der Waals surface area contributed by atoms with Gasteiger partial charge in [-0.15, -0.1) is 0 Å². The van der Waals surface area contributed by atoms with E-state index in [1.165, 1.54) is 0 Å².